The third-order valence-electron chi connectivity index (χ3n) is 9.52. The van der Waals surface area contributed by atoms with Crippen LogP contribution >= 0.6 is 0 Å². The number of aromatic nitrogens is 2. The van der Waals surface area contributed by atoms with Crippen LogP contribution in [0.1, 0.15) is 24.0 Å². The number of hydrogen-bond acceptors (Lipinski definition) is 8. The summed E-state index contributed by atoms with van der Waals surface area (Å²) in [6.45, 7) is 6.51. The van der Waals surface area contributed by atoms with E-state index in [2.05, 4.69) is 45.0 Å². The molecule has 8 nitrogen and oxygen atoms in total. The molecule has 5 heterocycles. The Bertz CT molecular complexity index is 1810. The van der Waals surface area contributed by atoms with Crippen LogP contribution in [-0.4, -0.2) is 96.4 Å². The minimum atomic E-state index is -0.599. The molecule has 3 saturated heterocycles. The molecular weight excluding hydrogens is 562 g/mol. The van der Waals surface area contributed by atoms with Crippen molar-refractivity contribution in [2.24, 2.45) is 0 Å². The lowest BCUT2D eigenvalue weighted by molar-refractivity contribution is 0.0765. The molecule has 7 rings (SSSR count). The molecule has 0 radical (unpaired) electrons. The van der Waals surface area contributed by atoms with Gasteiger partial charge in [-0.25, -0.2) is 8.78 Å². The Hall–Kier alpha value is -4.04. The molecule has 0 amide bonds. The second kappa shape index (κ2) is 11.1. The van der Waals surface area contributed by atoms with Crippen LogP contribution in [0.5, 0.6) is 11.6 Å². The molecule has 228 valence electrons. The smallest absolute Gasteiger partial charge is 0.219 e. The zero-order valence-electron chi connectivity index (χ0n) is 25.2. The van der Waals surface area contributed by atoms with Gasteiger partial charge in [-0.05, 0) is 57.4 Å². The molecule has 2 N–H and O–H groups in total. The first-order chi connectivity index (χ1) is 21.2. The number of aryl methyl sites for hydroxylation is 1. The van der Waals surface area contributed by atoms with E-state index in [0.717, 1.165) is 45.6 Å². The standard InChI is InChI=1S/C34H36F2N6O2/c1-5-25-28(35)9-6-20-12-24(43)13-26(30(20)25)32-31(36)29-19(2)34(44-18-23-17-40(3)10-11-41(23)4)39-33(27(29)14-37-32)42-15-21-7-8-22(16-42)38-21/h1,6,9,12-14,21-23,38,43H,7-8,10-11,15-18H2,2-4H3. The van der Waals surface area contributed by atoms with Crippen molar-refractivity contribution in [3.63, 3.8) is 0 Å². The predicted octanol–water partition coefficient (Wildman–Crippen LogP) is 4.29. The molecule has 3 fully saturated rings. The molecule has 3 unspecified atom stereocenters. The van der Waals surface area contributed by atoms with Crippen LogP contribution < -0.4 is 15.0 Å². The number of terminal acetylenes is 1. The largest absolute Gasteiger partial charge is 0.508 e. The molecule has 3 atom stereocenters. The molecule has 4 aromatic rings. The summed E-state index contributed by atoms with van der Waals surface area (Å²) in [6, 6.07) is 6.49. The summed E-state index contributed by atoms with van der Waals surface area (Å²) >= 11 is 0. The van der Waals surface area contributed by atoms with Gasteiger partial charge in [0.2, 0.25) is 5.88 Å². The Morgan fingerprint density at radius 2 is 1.86 bits per heavy atom. The summed E-state index contributed by atoms with van der Waals surface area (Å²) in [6.07, 6.45) is 9.52. The first-order valence-corrected chi connectivity index (χ1v) is 15.2. The van der Waals surface area contributed by atoms with Crippen molar-refractivity contribution in [2.75, 3.05) is 58.3 Å². The summed E-state index contributed by atoms with van der Waals surface area (Å²) in [7, 11) is 4.19. The highest BCUT2D eigenvalue weighted by molar-refractivity contribution is 6.04. The maximum Gasteiger partial charge on any atom is 0.219 e. The highest BCUT2D eigenvalue weighted by Crippen LogP contribution is 2.41. The Labute approximate surface area is 255 Å². The summed E-state index contributed by atoms with van der Waals surface area (Å²) in [5.41, 5.74) is 0.746. The number of phenolic OH excluding ortho intramolecular Hbond substituents is 1. The minimum Gasteiger partial charge on any atom is -0.508 e. The van der Waals surface area contributed by atoms with E-state index in [1.165, 1.54) is 24.3 Å². The molecule has 0 spiro atoms. The quantitative estimate of drug-likeness (QED) is 0.330. The minimum absolute atomic E-state index is 0.00665. The van der Waals surface area contributed by atoms with Crippen LogP contribution in [0.2, 0.25) is 0 Å². The van der Waals surface area contributed by atoms with Crippen molar-refractivity contribution in [3.8, 4) is 35.2 Å². The number of ether oxygens (including phenoxy) is 1. The number of rotatable bonds is 5. The number of anilines is 1. The number of phenols is 1. The highest BCUT2D eigenvalue weighted by atomic mass is 19.1. The Morgan fingerprint density at radius 1 is 1.09 bits per heavy atom. The van der Waals surface area contributed by atoms with Gasteiger partial charge in [-0.3, -0.25) is 9.88 Å². The fourth-order valence-corrected chi connectivity index (χ4v) is 7.12. The van der Waals surface area contributed by atoms with Crippen molar-refractivity contribution >= 4 is 27.4 Å². The van der Waals surface area contributed by atoms with Crippen molar-refractivity contribution in [1.82, 2.24) is 25.1 Å². The van der Waals surface area contributed by atoms with Crippen molar-refractivity contribution in [1.29, 1.82) is 0 Å². The van der Waals surface area contributed by atoms with E-state index in [9.17, 15) is 9.50 Å². The third kappa shape index (κ3) is 4.89. The monoisotopic (exact) mass is 598 g/mol. The van der Waals surface area contributed by atoms with Crippen molar-refractivity contribution in [2.45, 2.75) is 37.9 Å². The second-order valence-electron chi connectivity index (χ2n) is 12.5. The van der Waals surface area contributed by atoms with Crippen LogP contribution in [0, 0.1) is 30.9 Å². The Morgan fingerprint density at radius 3 is 2.61 bits per heavy atom. The average molecular weight is 599 g/mol. The van der Waals surface area contributed by atoms with Crippen LogP contribution in [0.25, 0.3) is 32.8 Å². The molecule has 3 aliphatic rings. The van der Waals surface area contributed by atoms with Crippen molar-refractivity contribution < 1.29 is 18.6 Å². The van der Waals surface area contributed by atoms with Crippen LogP contribution in [0.4, 0.5) is 14.6 Å². The number of aromatic hydroxyl groups is 1. The SMILES string of the molecule is C#Cc1c(F)ccc2cc(O)cc(-c3ncc4c(N5CC6CCC(C5)N6)nc(OCC5CN(C)CCN5C)c(C)c4c3F)c12. The number of nitrogens with zero attached hydrogens (tertiary/aromatic N) is 5. The number of piperazine rings is 2. The van der Waals surface area contributed by atoms with Gasteiger partial charge in [0.1, 0.15) is 29.7 Å². The maximum absolute atomic E-state index is 17.0. The van der Waals surface area contributed by atoms with Gasteiger partial charge in [0.25, 0.3) is 0 Å². The van der Waals surface area contributed by atoms with Gasteiger partial charge in [0.05, 0.1) is 11.6 Å². The summed E-state index contributed by atoms with van der Waals surface area (Å²) in [5, 5.41) is 15.9. The zero-order chi connectivity index (χ0) is 30.7. The molecule has 3 aliphatic heterocycles. The van der Waals surface area contributed by atoms with E-state index in [-0.39, 0.29) is 28.6 Å². The maximum atomic E-state index is 17.0. The van der Waals surface area contributed by atoms with Gasteiger partial charge < -0.3 is 25.0 Å². The lowest BCUT2D eigenvalue weighted by atomic mass is 9.95. The van der Waals surface area contributed by atoms with E-state index in [4.69, 9.17) is 16.1 Å². The fourth-order valence-electron chi connectivity index (χ4n) is 7.12. The first kappa shape index (κ1) is 28.7. The Balaban J connectivity index is 1.40. The van der Waals surface area contributed by atoms with E-state index in [1.807, 2.05) is 6.92 Å². The molecule has 2 aromatic heterocycles. The van der Waals surface area contributed by atoms with Gasteiger partial charge in [-0.2, -0.15) is 4.98 Å². The lowest BCUT2D eigenvalue weighted by Crippen LogP contribution is -2.52. The number of fused-ring (bicyclic) bond motifs is 4. The number of likely N-dealkylation sites (N-methyl/N-ethyl adjacent to an activating group) is 2. The number of hydrogen-bond donors (Lipinski definition) is 2. The first-order valence-electron chi connectivity index (χ1n) is 15.2. The molecule has 0 aliphatic carbocycles. The van der Waals surface area contributed by atoms with Gasteiger partial charge in [-0.15, -0.1) is 6.42 Å². The van der Waals surface area contributed by atoms with Crippen molar-refractivity contribution in [3.05, 3.63) is 53.2 Å². The Kier molecular flexibility index (Phi) is 7.28. The summed E-state index contributed by atoms with van der Waals surface area (Å²) < 4.78 is 38.3. The van der Waals surface area contributed by atoms with Crippen LogP contribution in [0.15, 0.2) is 30.5 Å². The predicted molar refractivity (Wildman–Crippen MR) is 168 cm³/mol. The van der Waals surface area contributed by atoms with E-state index in [1.54, 1.807) is 6.20 Å². The number of benzene rings is 2. The summed E-state index contributed by atoms with van der Waals surface area (Å²) in [5.74, 6) is 2.14. The fraction of sp³-hybridized carbons (Fsp3) is 0.412. The molecule has 44 heavy (non-hydrogen) atoms. The van der Waals surface area contributed by atoms with Gasteiger partial charge in [-0.1, -0.05) is 12.0 Å². The highest BCUT2D eigenvalue weighted by Gasteiger charge is 2.35. The average Bonchev–Trinajstić information content (AvgIpc) is 3.35. The van der Waals surface area contributed by atoms with Gasteiger partial charge in [0, 0.05) is 78.3 Å². The molecule has 10 heteroatoms. The molecule has 2 aromatic carbocycles. The molecule has 2 bridgehead atoms. The van der Waals surface area contributed by atoms with E-state index in [0.29, 0.717) is 57.5 Å². The normalized spacial score (nSPS) is 22.5. The van der Waals surface area contributed by atoms with Crippen LogP contribution in [0.3, 0.4) is 0 Å². The lowest BCUT2D eigenvalue weighted by Gasteiger charge is -2.37. The van der Waals surface area contributed by atoms with Gasteiger partial charge in [0.15, 0.2) is 5.82 Å². The second-order valence-corrected chi connectivity index (χ2v) is 12.5. The van der Waals surface area contributed by atoms with E-state index >= 15 is 4.39 Å². The zero-order valence-corrected chi connectivity index (χ0v) is 25.2. The number of halogens is 2. The topological polar surface area (TPSA) is 77.0 Å². The number of nitrogens with one attached hydrogen (secondary N) is 1. The molecule has 0 saturated carbocycles. The third-order valence-corrected chi connectivity index (χ3v) is 9.52. The molecular formula is C34H36F2N6O2. The van der Waals surface area contributed by atoms with Crippen LogP contribution in [-0.2, 0) is 0 Å². The van der Waals surface area contributed by atoms with E-state index < -0.39 is 11.6 Å². The van der Waals surface area contributed by atoms with Gasteiger partial charge >= 0.3 is 0 Å². The summed E-state index contributed by atoms with van der Waals surface area (Å²) in [4.78, 5) is 16.4. The number of pyridine rings is 2.